The number of nitrogen functional groups attached to an aromatic ring is 1. The summed E-state index contributed by atoms with van der Waals surface area (Å²) >= 11 is 0. The SMILES string of the molecule is CN(C)[C@@H]1C(=O)C(C(N)=O)=C(O)[C@@]2(O)C(=O)C3=C(O)c4c(O)c(N)c(C5CCCN5)c(OC(F)(F)F)c4C[C@H]3C[C@@H]12. The minimum atomic E-state index is -5.18. The van der Waals surface area contributed by atoms with Gasteiger partial charge in [0.05, 0.1) is 17.3 Å². The Morgan fingerprint density at radius 2 is 1.85 bits per heavy atom. The van der Waals surface area contributed by atoms with Crippen LogP contribution in [0.1, 0.15) is 42.0 Å². The number of rotatable bonds is 4. The molecule has 1 amide bonds. The van der Waals surface area contributed by atoms with Crippen LogP contribution in [0.25, 0.3) is 5.76 Å². The first-order chi connectivity index (χ1) is 19.0. The average molecular weight is 583 g/mol. The lowest BCUT2D eigenvalue weighted by atomic mass is 9.57. The van der Waals surface area contributed by atoms with Crippen molar-refractivity contribution in [2.24, 2.45) is 17.6 Å². The number of nitrogens with zero attached hydrogens (tertiary/aromatic N) is 1. The van der Waals surface area contributed by atoms with Gasteiger partial charge in [0.2, 0.25) is 5.78 Å². The summed E-state index contributed by atoms with van der Waals surface area (Å²) in [6.07, 6.45) is -4.85. The third-order valence-corrected chi connectivity index (χ3v) is 8.54. The molecule has 5 rings (SSSR count). The quantitative estimate of drug-likeness (QED) is 0.150. The fourth-order valence-corrected chi connectivity index (χ4v) is 6.89. The second-order valence-corrected chi connectivity index (χ2v) is 11.0. The van der Waals surface area contributed by atoms with E-state index in [0.29, 0.717) is 19.4 Å². The van der Waals surface area contributed by atoms with Gasteiger partial charge in [-0.15, -0.1) is 13.2 Å². The lowest BCUT2D eigenvalue weighted by molar-refractivity contribution is -0.275. The Kier molecular flexibility index (Phi) is 6.55. The molecule has 1 aromatic rings. The number of nitrogens with two attached hydrogens (primary N) is 2. The molecule has 15 heteroatoms. The molecule has 1 unspecified atom stereocenters. The molecule has 41 heavy (non-hydrogen) atoms. The number of carbonyl (C=O) groups excluding carboxylic acids is 3. The lowest BCUT2D eigenvalue weighted by Gasteiger charge is -2.50. The van der Waals surface area contributed by atoms with Crippen LogP contribution >= 0.6 is 0 Å². The number of phenolic OH excluding ortho intramolecular Hbond substituents is 1. The summed E-state index contributed by atoms with van der Waals surface area (Å²) in [7, 11) is 2.87. The third-order valence-electron chi connectivity index (χ3n) is 8.54. The Morgan fingerprint density at radius 1 is 1.20 bits per heavy atom. The Labute approximate surface area is 231 Å². The van der Waals surface area contributed by atoms with Crippen molar-refractivity contribution in [3.8, 4) is 11.5 Å². The van der Waals surface area contributed by atoms with Crippen LogP contribution in [0.2, 0.25) is 0 Å². The molecule has 0 aromatic heterocycles. The number of phenols is 1. The maximum atomic E-state index is 13.9. The monoisotopic (exact) mass is 582 g/mol. The van der Waals surface area contributed by atoms with Crippen molar-refractivity contribution in [3.63, 3.8) is 0 Å². The van der Waals surface area contributed by atoms with Crippen molar-refractivity contribution in [3.05, 3.63) is 33.6 Å². The average Bonchev–Trinajstić information content (AvgIpc) is 3.38. The van der Waals surface area contributed by atoms with E-state index in [1.54, 1.807) is 0 Å². The summed E-state index contributed by atoms with van der Waals surface area (Å²) in [6, 6.07) is -2.03. The molecule has 0 bridgehead atoms. The number of alkyl halides is 3. The molecular formula is C26H29F3N4O8. The number of nitrogens with one attached hydrogen (secondary N) is 1. The second-order valence-electron chi connectivity index (χ2n) is 11.0. The molecule has 9 N–H and O–H groups in total. The van der Waals surface area contributed by atoms with Gasteiger partial charge < -0.3 is 41.9 Å². The van der Waals surface area contributed by atoms with Crippen molar-refractivity contribution in [2.75, 3.05) is 26.4 Å². The maximum absolute atomic E-state index is 13.9. The lowest BCUT2D eigenvalue weighted by Crippen LogP contribution is -2.65. The van der Waals surface area contributed by atoms with E-state index < -0.39 is 98.8 Å². The van der Waals surface area contributed by atoms with Crippen LogP contribution < -0.4 is 21.5 Å². The molecular weight excluding hydrogens is 553 g/mol. The zero-order valence-electron chi connectivity index (χ0n) is 22.0. The van der Waals surface area contributed by atoms with Crippen molar-refractivity contribution in [1.82, 2.24) is 10.2 Å². The number of anilines is 1. The van der Waals surface area contributed by atoms with E-state index in [4.69, 9.17) is 11.5 Å². The Hall–Kier alpha value is -3.82. The minimum absolute atomic E-state index is 0.142. The zero-order valence-corrected chi connectivity index (χ0v) is 22.0. The van der Waals surface area contributed by atoms with Crippen LogP contribution in [0.4, 0.5) is 18.9 Å². The number of aliphatic hydroxyl groups is 3. The second kappa shape index (κ2) is 9.36. The van der Waals surface area contributed by atoms with Gasteiger partial charge in [-0.05, 0) is 52.2 Å². The van der Waals surface area contributed by atoms with Crippen molar-refractivity contribution in [2.45, 2.75) is 49.7 Å². The highest BCUT2D eigenvalue weighted by molar-refractivity contribution is 6.24. The number of ketones is 2. The number of hydrogen-bond acceptors (Lipinski definition) is 11. The standard InChI is InChI=1S/C26H29F3N4O8/c1-33(2)17-10-7-8-6-9-13(18(34)12(8)22(37)25(10,40)23(38)15(20(17)36)24(31)39)19(35)16(30)14(11-4-3-5-32-11)21(9)41-26(27,28)29/h8,10-11,17,32,34-35,38,40H,3-7,30H2,1-2H3,(H2,31,39)/t8-,10-,11?,17-,25-/m0/s1. The Bertz CT molecular complexity index is 1450. The van der Waals surface area contributed by atoms with Crippen LogP contribution in [0.5, 0.6) is 11.5 Å². The number of primary amides is 1. The molecule has 5 atom stereocenters. The first-order valence-corrected chi connectivity index (χ1v) is 12.8. The van der Waals surface area contributed by atoms with Crippen molar-refractivity contribution < 1.29 is 52.7 Å². The van der Waals surface area contributed by atoms with E-state index in [-0.39, 0.29) is 24.0 Å². The summed E-state index contributed by atoms with van der Waals surface area (Å²) in [5.41, 5.74) is 5.52. The number of aromatic hydroxyl groups is 1. The van der Waals surface area contributed by atoms with Gasteiger partial charge in [0, 0.05) is 28.7 Å². The van der Waals surface area contributed by atoms with Gasteiger partial charge in [-0.2, -0.15) is 0 Å². The highest BCUT2D eigenvalue weighted by atomic mass is 19.4. The normalized spacial score (nSPS) is 29.9. The van der Waals surface area contributed by atoms with Gasteiger partial charge >= 0.3 is 6.36 Å². The molecule has 4 aliphatic rings. The number of fused-ring (bicyclic) bond motifs is 3. The number of benzene rings is 1. The molecule has 1 saturated heterocycles. The zero-order chi connectivity index (χ0) is 30.3. The van der Waals surface area contributed by atoms with E-state index >= 15 is 0 Å². The van der Waals surface area contributed by atoms with Gasteiger partial charge in [-0.25, -0.2) is 0 Å². The Morgan fingerprint density at radius 3 is 2.39 bits per heavy atom. The molecule has 222 valence electrons. The number of amides is 1. The van der Waals surface area contributed by atoms with Crippen LogP contribution in [0, 0.1) is 11.8 Å². The maximum Gasteiger partial charge on any atom is 0.573 e. The summed E-state index contributed by atoms with van der Waals surface area (Å²) in [6.45, 7) is 0.477. The number of Topliss-reactive ketones (excluding diaryl/α,β-unsaturated/α-hetero) is 2. The van der Waals surface area contributed by atoms with Crippen LogP contribution in [-0.2, 0) is 20.8 Å². The van der Waals surface area contributed by atoms with E-state index in [0.717, 1.165) is 0 Å². The van der Waals surface area contributed by atoms with Crippen LogP contribution in [-0.4, -0.2) is 81.4 Å². The largest absolute Gasteiger partial charge is 0.573 e. The first kappa shape index (κ1) is 28.7. The number of carbonyl (C=O) groups is 3. The highest BCUT2D eigenvalue weighted by Crippen LogP contribution is 2.56. The molecule has 0 radical (unpaired) electrons. The number of ether oxygens (including phenoxy) is 1. The topological polar surface area (TPSA) is 209 Å². The van der Waals surface area contributed by atoms with E-state index in [1.807, 2.05) is 0 Å². The summed E-state index contributed by atoms with van der Waals surface area (Å²) in [4.78, 5) is 40.5. The van der Waals surface area contributed by atoms with Crippen molar-refractivity contribution in [1.29, 1.82) is 0 Å². The van der Waals surface area contributed by atoms with Crippen LogP contribution in [0.3, 0.4) is 0 Å². The molecule has 1 aromatic carbocycles. The molecule has 0 spiro atoms. The summed E-state index contributed by atoms with van der Waals surface area (Å²) < 4.78 is 45.5. The highest BCUT2D eigenvalue weighted by Gasteiger charge is 2.64. The predicted molar refractivity (Wildman–Crippen MR) is 135 cm³/mol. The van der Waals surface area contributed by atoms with Gasteiger partial charge in [-0.1, -0.05) is 0 Å². The molecule has 1 aliphatic heterocycles. The number of hydrogen-bond donors (Lipinski definition) is 7. The smallest absolute Gasteiger partial charge is 0.508 e. The van der Waals surface area contributed by atoms with E-state index in [9.17, 15) is 48.0 Å². The fourth-order valence-electron chi connectivity index (χ4n) is 6.89. The van der Waals surface area contributed by atoms with E-state index in [2.05, 4.69) is 10.1 Å². The molecule has 2 fully saturated rings. The van der Waals surface area contributed by atoms with Gasteiger partial charge in [0.15, 0.2) is 11.4 Å². The number of halogens is 3. The number of aliphatic hydroxyl groups excluding tert-OH is 2. The van der Waals surface area contributed by atoms with Crippen molar-refractivity contribution >= 4 is 28.9 Å². The molecule has 12 nitrogen and oxygen atoms in total. The minimum Gasteiger partial charge on any atom is -0.508 e. The first-order valence-electron chi connectivity index (χ1n) is 12.8. The molecule has 1 saturated carbocycles. The van der Waals surface area contributed by atoms with Gasteiger partial charge in [0.1, 0.15) is 28.6 Å². The Balaban J connectivity index is 1.77. The summed E-state index contributed by atoms with van der Waals surface area (Å²) in [5.74, 6) is -9.85. The van der Waals surface area contributed by atoms with Gasteiger partial charge in [0.25, 0.3) is 5.91 Å². The molecule has 3 aliphatic carbocycles. The number of likely N-dealkylation sites (N-methyl/N-ethyl adjacent to an activating group) is 1. The molecule has 1 heterocycles. The van der Waals surface area contributed by atoms with Gasteiger partial charge in [-0.3, -0.25) is 19.3 Å². The third kappa shape index (κ3) is 4.05. The summed E-state index contributed by atoms with van der Waals surface area (Å²) in [5, 5.41) is 47.9. The van der Waals surface area contributed by atoms with Crippen LogP contribution in [0.15, 0.2) is 16.9 Å². The van der Waals surface area contributed by atoms with E-state index in [1.165, 1.54) is 19.0 Å². The fraction of sp³-hybridized carbons (Fsp3) is 0.500. The predicted octanol–water partition coefficient (Wildman–Crippen LogP) is 0.869.